The molecule has 2 aromatic carbocycles. The van der Waals surface area contributed by atoms with Gasteiger partial charge in [0.15, 0.2) is 5.58 Å². The van der Waals surface area contributed by atoms with E-state index >= 15 is 0 Å². The summed E-state index contributed by atoms with van der Waals surface area (Å²) in [4.78, 5) is 6.87. The first-order chi connectivity index (χ1) is 10.3. The zero-order valence-corrected chi connectivity index (χ0v) is 11.7. The van der Waals surface area contributed by atoms with Crippen molar-refractivity contribution in [2.45, 2.75) is 18.9 Å². The maximum atomic E-state index is 5.92. The summed E-state index contributed by atoms with van der Waals surface area (Å²) < 4.78 is 5.92. The lowest BCUT2D eigenvalue weighted by Crippen LogP contribution is -2.22. The number of nitrogens with zero attached hydrogens (tertiary/aromatic N) is 2. The van der Waals surface area contributed by atoms with Crippen molar-refractivity contribution in [2.75, 3.05) is 17.2 Å². The molecule has 4 heteroatoms. The van der Waals surface area contributed by atoms with Gasteiger partial charge >= 0.3 is 0 Å². The predicted molar refractivity (Wildman–Crippen MR) is 84.2 cm³/mol. The van der Waals surface area contributed by atoms with Gasteiger partial charge in [-0.05, 0) is 36.6 Å². The molecule has 106 valence electrons. The third kappa shape index (κ3) is 2.13. The lowest BCUT2D eigenvalue weighted by molar-refractivity contribution is 0.557. The monoisotopic (exact) mass is 279 g/mol. The van der Waals surface area contributed by atoms with Crippen LogP contribution < -0.4 is 10.6 Å². The van der Waals surface area contributed by atoms with Crippen molar-refractivity contribution in [1.29, 1.82) is 0 Å². The zero-order chi connectivity index (χ0) is 14.2. The maximum Gasteiger partial charge on any atom is 0.298 e. The van der Waals surface area contributed by atoms with Crippen molar-refractivity contribution >= 4 is 22.8 Å². The van der Waals surface area contributed by atoms with Crippen LogP contribution in [0.2, 0.25) is 0 Å². The second kappa shape index (κ2) is 4.81. The number of fused-ring (bicyclic) bond motifs is 1. The van der Waals surface area contributed by atoms with Crippen molar-refractivity contribution in [3.05, 3.63) is 54.1 Å². The molecule has 1 saturated heterocycles. The topological polar surface area (TPSA) is 55.3 Å². The molecule has 0 spiro atoms. The van der Waals surface area contributed by atoms with Gasteiger partial charge in [0.2, 0.25) is 0 Å². The minimum Gasteiger partial charge on any atom is -0.423 e. The van der Waals surface area contributed by atoms with E-state index in [4.69, 9.17) is 10.2 Å². The first-order valence-corrected chi connectivity index (χ1v) is 7.29. The first kappa shape index (κ1) is 12.3. The summed E-state index contributed by atoms with van der Waals surface area (Å²) in [5.74, 6) is 0. The molecule has 1 aromatic heterocycles. The smallest absolute Gasteiger partial charge is 0.298 e. The van der Waals surface area contributed by atoms with Gasteiger partial charge in [0.25, 0.3) is 6.01 Å². The van der Waals surface area contributed by atoms with Crippen LogP contribution >= 0.6 is 0 Å². The summed E-state index contributed by atoms with van der Waals surface area (Å²) in [6.45, 7) is 0.974. The Labute approximate surface area is 123 Å². The van der Waals surface area contributed by atoms with Gasteiger partial charge in [-0.2, -0.15) is 4.98 Å². The summed E-state index contributed by atoms with van der Waals surface area (Å²) in [6.07, 6.45) is 2.28. The Balaban J connectivity index is 1.73. The van der Waals surface area contributed by atoms with Crippen LogP contribution in [0.15, 0.2) is 52.9 Å². The summed E-state index contributed by atoms with van der Waals surface area (Å²) in [7, 11) is 0. The Hall–Kier alpha value is -2.49. The lowest BCUT2D eigenvalue weighted by Gasteiger charge is -2.23. The maximum absolute atomic E-state index is 5.92. The molecule has 1 fully saturated rings. The Morgan fingerprint density at radius 3 is 2.86 bits per heavy atom. The number of aromatic nitrogens is 1. The van der Waals surface area contributed by atoms with E-state index in [1.54, 1.807) is 0 Å². The Bertz CT molecular complexity index is 766. The molecule has 0 bridgehead atoms. The van der Waals surface area contributed by atoms with E-state index in [1.807, 2.05) is 24.3 Å². The molecule has 1 aliphatic rings. The average molecular weight is 279 g/mol. The van der Waals surface area contributed by atoms with Gasteiger partial charge in [-0.3, -0.25) is 0 Å². The van der Waals surface area contributed by atoms with E-state index in [9.17, 15) is 0 Å². The summed E-state index contributed by atoms with van der Waals surface area (Å²) in [6, 6.07) is 17.2. The van der Waals surface area contributed by atoms with Gasteiger partial charge in [0.05, 0.1) is 6.04 Å². The molecular weight excluding hydrogens is 262 g/mol. The molecular formula is C17H17N3O. The molecule has 4 nitrogen and oxygen atoms in total. The van der Waals surface area contributed by atoms with Crippen molar-refractivity contribution in [3.8, 4) is 0 Å². The van der Waals surface area contributed by atoms with E-state index < -0.39 is 0 Å². The Morgan fingerprint density at radius 1 is 1.14 bits per heavy atom. The molecule has 0 saturated carbocycles. The van der Waals surface area contributed by atoms with Gasteiger partial charge in [-0.1, -0.05) is 30.3 Å². The molecule has 0 aliphatic carbocycles. The second-order valence-electron chi connectivity index (χ2n) is 5.49. The summed E-state index contributed by atoms with van der Waals surface area (Å²) in [5.41, 5.74) is 9.45. The van der Waals surface area contributed by atoms with Crippen LogP contribution in [0.3, 0.4) is 0 Å². The van der Waals surface area contributed by atoms with Crippen LogP contribution in [0, 0.1) is 0 Å². The highest BCUT2D eigenvalue weighted by Crippen LogP contribution is 2.36. The Morgan fingerprint density at radius 2 is 2.00 bits per heavy atom. The van der Waals surface area contributed by atoms with Crippen molar-refractivity contribution in [2.24, 2.45) is 0 Å². The number of nitrogens with two attached hydrogens (primary N) is 1. The first-order valence-electron chi connectivity index (χ1n) is 7.29. The number of hydrogen-bond donors (Lipinski definition) is 1. The van der Waals surface area contributed by atoms with E-state index in [0.29, 0.717) is 17.7 Å². The molecule has 2 heterocycles. The fraction of sp³-hybridized carbons (Fsp3) is 0.235. The average Bonchev–Trinajstić information content (AvgIpc) is 3.13. The lowest BCUT2D eigenvalue weighted by atomic mass is 10.1. The number of rotatable bonds is 2. The van der Waals surface area contributed by atoms with Crippen molar-refractivity contribution in [3.63, 3.8) is 0 Å². The number of nitrogen functional groups attached to an aromatic ring is 1. The number of hydrogen-bond acceptors (Lipinski definition) is 4. The second-order valence-corrected chi connectivity index (χ2v) is 5.49. The molecule has 1 atom stereocenters. The van der Waals surface area contributed by atoms with Crippen LogP contribution in [0.25, 0.3) is 11.1 Å². The molecule has 0 amide bonds. The molecule has 4 rings (SSSR count). The minimum absolute atomic E-state index is 0.344. The predicted octanol–water partition coefficient (Wildman–Crippen LogP) is 3.75. The standard InChI is InChI=1S/C17H17N3O/c18-13-8-9-16-14(11-13)19-17(21-16)20-10-4-7-15(20)12-5-2-1-3-6-12/h1-3,5-6,8-9,11,15H,4,7,10,18H2. The zero-order valence-electron chi connectivity index (χ0n) is 11.7. The largest absolute Gasteiger partial charge is 0.423 e. The third-order valence-electron chi connectivity index (χ3n) is 4.08. The van der Waals surface area contributed by atoms with E-state index in [-0.39, 0.29) is 0 Å². The summed E-state index contributed by atoms with van der Waals surface area (Å²) >= 11 is 0. The quantitative estimate of drug-likeness (QED) is 0.726. The number of benzene rings is 2. The SMILES string of the molecule is Nc1ccc2oc(N3CCCC3c3ccccc3)nc2c1. The highest BCUT2D eigenvalue weighted by molar-refractivity contribution is 5.78. The molecule has 1 unspecified atom stereocenters. The van der Waals surface area contributed by atoms with Crippen LogP contribution in [0.1, 0.15) is 24.4 Å². The van der Waals surface area contributed by atoms with Crippen LogP contribution in [0.4, 0.5) is 11.7 Å². The molecule has 21 heavy (non-hydrogen) atoms. The van der Waals surface area contributed by atoms with Gasteiger partial charge in [-0.15, -0.1) is 0 Å². The number of anilines is 2. The minimum atomic E-state index is 0.344. The normalized spacial score (nSPS) is 18.5. The summed E-state index contributed by atoms with van der Waals surface area (Å²) in [5, 5.41) is 0. The highest BCUT2D eigenvalue weighted by Gasteiger charge is 2.29. The fourth-order valence-electron chi connectivity index (χ4n) is 3.07. The number of oxazole rings is 1. The Kier molecular flexibility index (Phi) is 2.81. The van der Waals surface area contributed by atoms with Crippen molar-refractivity contribution < 1.29 is 4.42 Å². The van der Waals surface area contributed by atoms with Gasteiger partial charge in [0, 0.05) is 12.2 Å². The van der Waals surface area contributed by atoms with Gasteiger partial charge in [-0.25, -0.2) is 0 Å². The molecule has 0 radical (unpaired) electrons. The van der Waals surface area contributed by atoms with Gasteiger partial charge in [0.1, 0.15) is 5.52 Å². The van der Waals surface area contributed by atoms with Crippen LogP contribution in [-0.4, -0.2) is 11.5 Å². The van der Waals surface area contributed by atoms with Crippen molar-refractivity contribution in [1.82, 2.24) is 4.98 Å². The fourth-order valence-corrected chi connectivity index (χ4v) is 3.07. The van der Waals surface area contributed by atoms with E-state index in [2.05, 4.69) is 34.1 Å². The van der Waals surface area contributed by atoms with Gasteiger partial charge < -0.3 is 15.1 Å². The molecule has 1 aliphatic heterocycles. The highest BCUT2D eigenvalue weighted by atomic mass is 16.4. The molecule has 2 N–H and O–H groups in total. The van der Waals surface area contributed by atoms with Crippen LogP contribution in [0.5, 0.6) is 0 Å². The third-order valence-corrected chi connectivity index (χ3v) is 4.08. The van der Waals surface area contributed by atoms with E-state index in [1.165, 1.54) is 5.56 Å². The van der Waals surface area contributed by atoms with E-state index in [0.717, 1.165) is 30.5 Å². The van der Waals surface area contributed by atoms with Crippen LogP contribution in [-0.2, 0) is 0 Å². The molecule has 3 aromatic rings.